The van der Waals surface area contributed by atoms with Crippen LogP contribution < -0.4 is 0 Å². The van der Waals surface area contributed by atoms with Crippen LogP contribution in [-0.4, -0.2) is 10.9 Å². The molecule has 1 rings (SSSR count). The van der Waals surface area contributed by atoms with E-state index < -0.39 is 4.92 Å². The van der Waals surface area contributed by atoms with Gasteiger partial charge in [-0.25, -0.2) is 4.79 Å². The van der Waals surface area contributed by atoms with Crippen molar-refractivity contribution >= 4 is 17.9 Å². The van der Waals surface area contributed by atoms with Crippen LogP contribution in [0.25, 0.3) is 6.08 Å². The van der Waals surface area contributed by atoms with Gasteiger partial charge < -0.3 is 4.42 Å². The maximum Gasteiger partial charge on any atom is 0.433 e. The molecule has 0 radical (unpaired) electrons. The summed E-state index contributed by atoms with van der Waals surface area (Å²) in [5.41, 5.74) is 0. The Morgan fingerprint density at radius 3 is 2.85 bits per heavy atom. The van der Waals surface area contributed by atoms with Gasteiger partial charge in [0, 0.05) is 6.08 Å². The zero-order valence-electron chi connectivity index (χ0n) is 6.47. The first-order valence-electron chi connectivity index (χ1n) is 3.36. The van der Waals surface area contributed by atoms with Crippen molar-refractivity contribution in [3.63, 3.8) is 0 Å². The first kappa shape index (κ1) is 8.96. The Morgan fingerprint density at radius 1 is 1.54 bits per heavy atom. The molecular formula is C8H5NO4. The fraction of sp³-hybridized carbons (Fsp3) is 0. The third-order valence-corrected chi connectivity index (χ3v) is 1.22. The van der Waals surface area contributed by atoms with Crippen LogP contribution in [0, 0.1) is 10.1 Å². The van der Waals surface area contributed by atoms with Crippen LogP contribution in [-0.2, 0) is 4.79 Å². The maximum absolute atomic E-state index is 10.2. The largest absolute Gasteiger partial charge is 0.433 e. The van der Waals surface area contributed by atoms with E-state index >= 15 is 0 Å². The van der Waals surface area contributed by atoms with Gasteiger partial charge in [-0.1, -0.05) is 0 Å². The standard InChI is InChI=1S/C8H5NO4/c10-6-2-1-3-7-4-5-8(13-7)9(11)12/h1-5H/b3-1-. The van der Waals surface area contributed by atoms with Crippen LogP contribution in [0.15, 0.2) is 28.7 Å². The molecule has 0 saturated heterocycles. The van der Waals surface area contributed by atoms with E-state index in [1.54, 1.807) is 0 Å². The van der Waals surface area contributed by atoms with E-state index in [1.165, 1.54) is 30.2 Å². The molecule has 0 unspecified atom stereocenters. The Hall–Kier alpha value is -2.13. The Balaban J connectivity index is 2.80. The molecule has 0 atom stereocenters. The summed E-state index contributed by atoms with van der Waals surface area (Å²) in [6.45, 7) is 0. The number of rotatable bonds is 3. The molecule has 0 fully saturated rings. The minimum atomic E-state index is -0.632. The average molecular weight is 179 g/mol. The number of nitro groups is 1. The fourth-order valence-electron chi connectivity index (χ4n) is 0.712. The van der Waals surface area contributed by atoms with Gasteiger partial charge in [-0.3, -0.25) is 10.1 Å². The number of nitrogens with zero attached hydrogens (tertiary/aromatic N) is 1. The van der Waals surface area contributed by atoms with Gasteiger partial charge in [-0.05, 0) is 18.2 Å². The van der Waals surface area contributed by atoms with Gasteiger partial charge in [0.05, 0.1) is 6.07 Å². The van der Waals surface area contributed by atoms with Gasteiger partial charge >= 0.3 is 5.88 Å². The van der Waals surface area contributed by atoms with Crippen molar-refractivity contribution in [3.8, 4) is 0 Å². The SMILES string of the molecule is O=C=C/C=C\c1ccc([N+](=O)[O-])o1. The van der Waals surface area contributed by atoms with Crippen molar-refractivity contribution < 1.29 is 14.1 Å². The molecule has 0 N–H and O–H groups in total. The van der Waals surface area contributed by atoms with E-state index in [2.05, 4.69) is 0 Å². The molecule has 0 aliphatic rings. The summed E-state index contributed by atoms with van der Waals surface area (Å²) >= 11 is 0. The zero-order chi connectivity index (χ0) is 9.68. The summed E-state index contributed by atoms with van der Waals surface area (Å²) in [5.74, 6) is 1.52. The topological polar surface area (TPSA) is 73.3 Å². The van der Waals surface area contributed by atoms with Crippen molar-refractivity contribution in [3.05, 3.63) is 40.2 Å². The highest BCUT2D eigenvalue weighted by atomic mass is 16.6. The summed E-state index contributed by atoms with van der Waals surface area (Å²) in [7, 11) is 0. The lowest BCUT2D eigenvalue weighted by Gasteiger charge is -1.81. The minimum absolute atomic E-state index is 0.318. The van der Waals surface area contributed by atoms with Gasteiger partial charge in [-0.15, -0.1) is 0 Å². The molecule has 0 spiro atoms. The lowest BCUT2D eigenvalue weighted by atomic mass is 10.4. The average Bonchev–Trinajstić information content (AvgIpc) is 2.53. The second-order valence-corrected chi connectivity index (χ2v) is 2.08. The monoisotopic (exact) mass is 179 g/mol. The molecule has 5 heteroatoms. The van der Waals surface area contributed by atoms with Gasteiger partial charge in [-0.2, -0.15) is 0 Å². The molecule has 0 aromatic carbocycles. The van der Waals surface area contributed by atoms with E-state index in [-0.39, 0.29) is 5.88 Å². The van der Waals surface area contributed by atoms with Gasteiger partial charge in [0.2, 0.25) is 0 Å². The first-order chi connectivity index (χ1) is 6.24. The highest BCUT2D eigenvalue weighted by molar-refractivity contribution is 5.55. The van der Waals surface area contributed by atoms with Crippen molar-refractivity contribution in [1.82, 2.24) is 0 Å². The summed E-state index contributed by atoms with van der Waals surface area (Å²) < 4.78 is 4.76. The maximum atomic E-state index is 10.2. The lowest BCUT2D eigenvalue weighted by Crippen LogP contribution is -1.82. The third-order valence-electron chi connectivity index (χ3n) is 1.22. The Bertz CT molecular complexity index is 385. The summed E-state index contributed by atoms with van der Waals surface area (Å²) in [5, 5.41) is 10.2. The normalized spacial score (nSPS) is 9.85. The summed E-state index contributed by atoms with van der Waals surface area (Å²) in [6.07, 6.45) is 3.95. The lowest BCUT2D eigenvalue weighted by molar-refractivity contribution is -0.402. The zero-order valence-corrected chi connectivity index (χ0v) is 6.47. The predicted molar refractivity (Wildman–Crippen MR) is 44.7 cm³/mol. The Morgan fingerprint density at radius 2 is 2.31 bits per heavy atom. The van der Waals surface area contributed by atoms with E-state index in [0.717, 1.165) is 6.08 Å². The van der Waals surface area contributed by atoms with Crippen LogP contribution in [0.4, 0.5) is 5.88 Å². The highest BCUT2D eigenvalue weighted by Crippen LogP contribution is 2.16. The predicted octanol–water partition coefficient (Wildman–Crippen LogP) is 1.59. The van der Waals surface area contributed by atoms with Gasteiger partial charge in [0.1, 0.15) is 16.6 Å². The van der Waals surface area contributed by atoms with Crippen molar-refractivity contribution in [1.29, 1.82) is 0 Å². The van der Waals surface area contributed by atoms with Crippen LogP contribution in [0.5, 0.6) is 0 Å². The molecule has 1 aromatic rings. The molecule has 5 nitrogen and oxygen atoms in total. The fourth-order valence-corrected chi connectivity index (χ4v) is 0.712. The number of hydrogen-bond donors (Lipinski definition) is 0. The Kier molecular flexibility index (Phi) is 2.78. The van der Waals surface area contributed by atoms with Crippen molar-refractivity contribution in [2.75, 3.05) is 0 Å². The van der Waals surface area contributed by atoms with E-state index in [1.807, 2.05) is 0 Å². The van der Waals surface area contributed by atoms with E-state index in [9.17, 15) is 14.9 Å². The first-order valence-corrected chi connectivity index (χ1v) is 3.36. The van der Waals surface area contributed by atoms with E-state index in [0.29, 0.717) is 5.76 Å². The number of carbonyl (C=O) groups excluding carboxylic acids is 1. The third kappa shape index (κ3) is 2.43. The molecule has 0 aliphatic heterocycles. The molecule has 1 heterocycles. The van der Waals surface area contributed by atoms with Crippen molar-refractivity contribution in [2.24, 2.45) is 0 Å². The summed E-state index contributed by atoms with van der Waals surface area (Å²) in [4.78, 5) is 19.3. The van der Waals surface area contributed by atoms with E-state index in [4.69, 9.17) is 4.42 Å². The Labute approximate surface area is 73.1 Å². The minimum Gasteiger partial charge on any atom is -0.401 e. The van der Waals surface area contributed by atoms with Crippen LogP contribution in [0.1, 0.15) is 5.76 Å². The molecule has 1 aromatic heterocycles. The second kappa shape index (κ2) is 4.04. The van der Waals surface area contributed by atoms with Crippen LogP contribution in [0.3, 0.4) is 0 Å². The second-order valence-electron chi connectivity index (χ2n) is 2.08. The van der Waals surface area contributed by atoms with Crippen LogP contribution in [0.2, 0.25) is 0 Å². The number of furan rings is 1. The highest BCUT2D eigenvalue weighted by Gasteiger charge is 2.09. The smallest absolute Gasteiger partial charge is 0.401 e. The molecule has 0 aliphatic carbocycles. The van der Waals surface area contributed by atoms with Gasteiger partial charge in [0.25, 0.3) is 0 Å². The molecule has 13 heavy (non-hydrogen) atoms. The summed E-state index contributed by atoms with van der Waals surface area (Å²) in [6, 6.07) is 2.68. The van der Waals surface area contributed by atoms with Crippen LogP contribution >= 0.6 is 0 Å². The molecule has 0 bridgehead atoms. The molecule has 66 valence electrons. The number of hydrogen-bond acceptors (Lipinski definition) is 4. The molecular weight excluding hydrogens is 174 g/mol. The molecule has 0 saturated carbocycles. The molecule has 0 amide bonds. The quantitative estimate of drug-likeness (QED) is 0.305. The van der Waals surface area contributed by atoms with Crippen molar-refractivity contribution in [2.45, 2.75) is 0 Å². The van der Waals surface area contributed by atoms with Gasteiger partial charge in [0.15, 0.2) is 0 Å². The number of allylic oxidation sites excluding steroid dienone is 2.